The van der Waals surface area contributed by atoms with Crippen molar-refractivity contribution in [3.8, 4) is 0 Å². The molecule has 1 saturated heterocycles. The lowest BCUT2D eigenvalue weighted by Gasteiger charge is -2.41. The third-order valence-electron chi connectivity index (χ3n) is 5.52. The van der Waals surface area contributed by atoms with Crippen LogP contribution in [-0.2, 0) is 4.74 Å². The van der Waals surface area contributed by atoms with Gasteiger partial charge in [0.1, 0.15) is 0 Å². The fourth-order valence-corrected chi connectivity index (χ4v) is 4.41. The van der Waals surface area contributed by atoms with Gasteiger partial charge in [-0.15, -0.1) is 0 Å². The minimum atomic E-state index is 0.0939. The van der Waals surface area contributed by atoms with E-state index in [0.717, 1.165) is 18.4 Å². The van der Waals surface area contributed by atoms with Crippen molar-refractivity contribution in [1.29, 1.82) is 0 Å². The summed E-state index contributed by atoms with van der Waals surface area (Å²) in [6.45, 7) is 15.2. The maximum Gasteiger partial charge on any atom is 0.0632 e. The number of hydrogen-bond donors (Lipinski definition) is 0. The van der Waals surface area contributed by atoms with Gasteiger partial charge in [0.2, 0.25) is 0 Å². The molecule has 1 nitrogen and oxygen atoms in total. The number of rotatable bonds is 1. The van der Waals surface area contributed by atoms with E-state index in [2.05, 4.69) is 41.5 Å². The monoisotopic (exact) mass is 224 g/mol. The van der Waals surface area contributed by atoms with E-state index in [1.54, 1.807) is 0 Å². The Morgan fingerprint density at radius 1 is 1.00 bits per heavy atom. The molecule has 1 aliphatic heterocycles. The van der Waals surface area contributed by atoms with E-state index in [1.807, 2.05) is 0 Å². The summed E-state index contributed by atoms with van der Waals surface area (Å²) in [5, 5.41) is 0. The third kappa shape index (κ3) is 1.81. The SMILES string of the molecule is CC1CCC(C2(C)COC(C)(C)C2)C1(C)C. The van der Waals surface area contributed by atoms with Crippen molar-refractivity contribution in [2.75, 3.05) is 6.61 Å². The van der Waals surface area contributed by atoms with Gasteiger partial charge in [-0.2, -0.15) is 0 Å². The molecule has 2 rings (SSSR count). The first-order valence-corrected chi connectivity index (χ1v) is 6.81. The van der Waals surface area contributed by atoms with Gasteiger partial charge in [0, 0.05) is 0 Å². The second-order valence-corrected chi connectivity index (χ2v) is 7.73. The summed E-state index contributed by atoms with van der Waals surface area (Å²) in [6.07, 6.45) is 4.01. The maximum atomic E-state index is 6.00. The van der Waals surface area contributed by atoms with Crippen molar-refractivity contribution in [3.05, 3.63) is 0 Å². The van der Waals surface area contributed by atoms with Crippen LogP contribution in [0.2, 0.25) is 0 Å². The summed E-state index contributed by atoms with van der Waals surface area (Å²) in [4.78, 5) is 0. The van der Waals surface area contributed by atoms with Crippen molar-refractivity contribution >= 4 is 0 Å². The molecule has 1 saturated carbocycles. The molecule has 1 heterocycles. The molecule has 0 aromatic rings. The fourth-order valence-electron chi connectivity index (χ4n) is 4.41. The summed E-state index contributed by atoms with van der Waals surface area (Å²) < 4.78 is 6.00. The van der Waals surface area contributed by atoms with Gasteiger partial charge < -0.3 is 4.74 Å². The topological polar surface area (TPSA) is 9.23 Å². The van der Waals surface area contributed by atoms with E-state index in [4.69, 9.17) is 4.74 Å². The first-order valence-electron chi connectivity index (χ1n) is 6.81. The van der Waals surface area contributed by atoms with Gasteiger partial charge in [-0.1, -0.05) is 27.7 Å². The summed E-state index contributed by atoms with van der Waals surface area (Å²) in [7, 11) is 0. The quantitative estimate of drug-likeness (QED) is 0.646. The minimum Gasteiger partial charge on any atom is -0.375 e. The molecule has 0 bridgehead atoms. The summed E-state index contributed by atoms with van der Waals surface area (Å²) in [6, 6.07) is 0. The van der Waals surface area contributed by atoms with Gasteiger partial charge in [-0.05, 0) is 55.8 Å². The van der Waals surface area contributed by atoms with Crippen molar-refractivity contribution < 1.29 is 4.74 Å². The van der Waals surface area contributed by atoms with Crippen LogP contribution >= 0.6 is 0 Å². The predicted molar refractivity (Wildman–Crippen MR) is 68.4 cm³/mol. The zero-order chi connectivity index (χ0) is 12.2. The molecule has 3 atom stereocenters. The molecule has 2 aliphatic rings. The van der Waals surface area contributed by atoms with Crippen LogP contribution < -0.4 is 0 Å². The second kappa shape index (κ2) is 3.48. The summed E-state index contributed by atoms with van der Waals surface area (Å²) in [5.74, 6) is 1.69. The molecule has 2 fully saturated rings. The average Bonchev–Trinajstić information content (AvgIpc) is 2.53. The molecule has 94 valence electrons. The lowest BCUT2D eigenvalue weighted by Crippen LogP contribution is -2.37. The first-order chi connectivity index (χ1) is 7.17. The van der Waals surface area contributed by atoms with Crippen LogP contribution in [0.3, 0.4) is 0 Å². The smallest absolute Gasteiger partial charge is 0.0632 e. The molecule has 0 radical (unpaired) electrons. The van der Waals surface area contributed by atoms with E-state index in [0.29, 0.717) is 10.8 Å². The molecule has 16 heavy (non-hydrogen) atoms. The summed E-state index contributed by atoms with van der Waals surface area (Å²) >= 11 is 0. The highest BCUT2D eigenvalue weighted by molar-refractivity contribution is 5.02. The van der Waals surface area contributed by atoms with Gasteiger partial charge in [-0.3, -0.25) is 0 Å². The van der Waals surface area contributed by atoms with Crippen LogP contribution in [0.1, 0.15) is 60.8 Å². The largest absolute Gasteiger partial charge is 0.375 e. The van der Waals surface area contributed by atoms with Crippen molar-refractivity contribution in [3.63, 3.8) is 0 Å². The lowest BCUT2D eigenvalue weighted by molar-refractivity contribution is 0.0175. The Labute approximate surface area is 101 Å². The van der Waals surface area contributed by atoms with Gasteiger partial charge in [0.05, 0.1) is 12.2 Å². The van der Waals surface area contributed by atoms with Crippen molar-refractivity contribution in [2.24, 2.45) is 22.7 Å². The van der Waals surface area contributed by atoms with Crippen LogP contribution in [-0.4, -0.2) is 12.2 Å². The molecule has 0 aromatic carbocycles. The number of hydrogen-bond acceptors (Lipinski definition) is 1. The maximum absolute atomic E-state index is 6.00. The van der Waals surface area contributed by atoms with Gasteiger partial charge >= 0.3 is 0 Å². The Morgan fingerprint density at radius 2 is 1.62 bits per heavy atom. The van der Waals surface area contributed by atoms with Gasteiger partial charge in [0.15, 0.2) is 0 Å². The van der Waals surface area contributed by atoms with Crippen LogP contribution in [0.25, 0.3) is 0 Å². The minimum absolute atomic E-state index is 0.0939. The van der Waals surface area contributed by atoms with Crippen LogP contribution in [0, 0.1) is 22.7 Å². The molecular weight excluding hydrogens is 196 g/mol. The molecule has 3 unspecified atom stereocenters. The van der Waals surface area contributed by atoms with E-state index < -0.39 is 0 Å². The van der Waals surface area contributed by atoms with E-state index >= 15 is 0 Å². The highest BCUT2D eigenvalue weighted by Gasteiger charge is 2.54. The Bertz CT molecular complexity index is 279. The average molecular weight is 224 g/mol. The first kappa shape index (κ1) is 12.4. The highest BCUT2D eigenvalue weighted by Crippen LogP contribution is 2.58. The Hall–Kier alpha value is -0.0400. The molecular formula is C15H28O. The Balaban J connectivity index is 2.20. The zero-order valence-electron chi connectivity index (χ0n) is 11.9. The number of ether oxygens (including phenoxy) is 1. The molecule has 0 amide bonds. The van der Waals surface area contributed by atoms with Gasteiger partial charge in [0.25, 0.3) is 0 Å². The molecule has 1 aliphatic carbocycles. The molecule has 0 spiro atoms. The highest BCUT2D eigenvalue weighted by atomic mass is 16.5. The predicted octanol–water partition coefficient (Wildman–Crippen LogP) is 4.26. The normalized spacial score (nSPS) is 46.1. The van der Waals surface area contributed by atoms with Crippen LogP contribution in [0.5, 0.6) is 0 Å². The summed E-state index contributed by atoms with van der Waals surface area (Å²) in [5.41, 5.74) is 0.979. The standard InChI is InChI=1S/C15H28O/c1-11-7-8-12(14(11,4)5)15(6)9-13(2,3)16-10-15/h11-12H,7-10H2,1-6H3. The Morgan fingerprint density at radius 3 is 2.00 bits per heavy atom. The molecule has 0 aromatic heterocycles. The van der Waals surface area contributed by atoms with Crippen molar-refractivity contribution in [2.45, 2.75) is 66.4 Å². The molecule has 0 N–H and O–H groups in total. The van der Waals surface area contributed by atoms with Crippen LogP contribution in [0.4, 0.5) is 0 Å². The van der Waals surface area contributed by atoms with Gasteiger partial charge in [-0.25, -0.2) is 0 Å². The van der Waals surface area contributed by atoms with E-state index in [1.165, 1.54) is 19.3 Å². The second-order valence-electron chi connectivity index (χ2n) is 7.73. The van der Waals surface area contributed by atoms with Crippen LogP contribution in [0.15, 0.2) is 0 Å². The lowest BCUT2D eigenvalue weighted by atomic mass is 9.62. The fraction of sp³-hybridized carbons (Fsp3) is 1.00. The zero-order valence-corrected chi connectivity index (χ0v) is 11.9. The Kier molecular flexibility index (Phi) is 2.70. The third-order valence-corrected chi connectivity index (χ3v) is 5.52. The van der Waals surface area contributed by atoms with E-state index in [9.17, 15) is 0 Å². The van der Waals surface area contributed by atoms with Crippen molar-refractivity contribution in [1.82, 2.24) is 0 Å². The van der Waals surface area contributed by atoms with E-state index in [-0.39, 0.29) is 5.60 Å². The molecule has 1 heteroatoms.